The Morgan fingerprint density at radius 2 is 2.00 bits per heavy atom. The standard InChI is InChI=1S/C13H10OS2/c14-10-8-13(12-6-3-7-15-12)16-11-5-2-1-4-9(10)11/h1-7,13H,8H2. The molecule has 0 spiro atoms. The predicted molar refractivity (Wildman–Crippen MR) is 68.3 cm³/mol. The van der Waals surface area contributed by atoms with E-state index in [0.717, 1.165) is 10.5 Å². The molecule has 1 aromatic carbocycles. The van der Waals surface area contributed by atoms with Crippen molar-refractivity contribution in [2.24, 2.45) is 0 Å². The molecule has 0 N–H and O–H groups in total. The van der Waals surface area contributed by atoms with Crippen LogP contribution in [0.5, 0.6) is 0 Å². The minimum atomic E-state index is 0.271. The minimum Gasteiger partial charge on any atom is -0.294 e. The number of fused-ring (bicyclic) bond motifs is 1. The Labute approximate surface area is 103 Å². The van der Waals surface area contributed by atoms with E-state index in [0.29, 0.717) is 11.7 Å². The van der Waals surface area contributed by atoms with Gasteiger partial charge < -0.3 is 0 Å². The molecule has 0 bridgehead atoms. The second kappa shape index (κ2) is 4.07. The predicted octanol–water partition coefficient (Wildman–Crippen LogP) is 4.17. The van der Waals surface area contributed by atoms with Crippen molar-refractivity contribution in [2.45, 2.75) is 16.6 Å². The molecule has 3 rings (SSSR count). The van der Waals surface area contributed by atoms with Gasteiger partial charge in [-0.3, -0.25) is 4.79 Å². The molecule has 0 fully saturated rings. The number of rotatable bonds is 1. The van der Waals surface area contributed by atoms with Crippen LogP contribution < -0.4 is 0 Å². The van der Waals surface area contributed by atoms with E-state index in [1.54, 1.807) is 11.3 Å². The van der Waals surface area contributed by atoms with E-state index in [1.165, 1.54) is 4.88 Å². The van der Waals surface area contributed by atoms with Crippen molar-refractivity contribution in [1.29, 1.82) is 0 Å². The molecule has 2 heterocycles. The zero-order valence-corrected chi connectivity index (χ0v) is 10.2. The lowest BCUT2D eigenvalue weighted by molar-refractivity contribution is 0.0977. The molecule has 0 radical (unpaired) electrons. The summed E-state index contributed by atoms with van der Waals surface area (Å²) >= 11 is 3.54. The lowest BCUT2D eigenvalue weighted by atomic mass is 10.1. The lowest BCUT2D eigenvalue weighted by Crippen LogP contribution is -2.11. The molecule has 1 unspecified atom stereocenters. The van der Waals surface area contributed by atoms with Gasteiger partial charge in [0.15, 0.2) is 5.78 Å². The third-order valence-corrected chi connectivity index (χ3v) is 5.14. The molecular formula is C13H10OS2. The number of Topliss-reactive ketones (excluding diaryl/α,β-unsaturated/α-hetero) is 1. The first kappa shape index (κ1) is 10.1. The van der Waals surface area contributed by atoms with E-state index >= 15 is 0 Å². The number of carbonyl (C=O) groups excluding carboxylic acids is 1. The summed E-state index contributed by atoms with van der Waals surface area (Å²) < 4.78 is 0. The largest absolute Gasteiger partial charge is 0.294 e. The average molecular weight is 246 g/mol. The maximum Gasteiger partial charge on any atom is 0.165 e. The highest BCUT2D eigenvalue weighted by Crippen LogP contribution is 2.45. The quantitative estimate of drug-likeness (QED) is 0.751. The highest BCUT2D eigenvalue weighted by atomic mass is 32.2. The van der Waals surface area contributed by atoms with Gasteiger partial charge in [-0.2, -0.15) is 0 Å². The van der Waals surface area contributed by atoms with Crippen molar-refractivity contribution in [2.75, 3.05) is 0 Å². The molecule has 0 saturated heterocycles. The molecule has 80 valence electrons. The maximum atomic E-state index is 12.0. The smallest absolute Gasteiger partial charge is 0.165 e. The molecule has 2 aromatic rings. The molecule has 3 heteroatoms. The number of benzene rings is 1. The van der Waals surface area contributed by atoms with E-state index < -0.39 is 0 Å². The van der Waals surface area contributed by atoms with E-state index in [-0.39, 0.29) is 5.78 Å². The molecule has 16 heavy (non-hydrogen) atoms. The second-order valence-corrected chi connectivity index (χ2v) is 5.97. The normalized spacial score (nSPS) is 19.5. The Hall–Kier alpha value is -1.06. The SMILES string of the molecule is O=C1CC(c2cccs2)Sc2ccccc21. The highest BCUT2D eigenvalue weighted by molar-refractivity contribution is 7.99. The van der Waals surface area contributed by atoms with Crippen LogP contribution in [0.2, 0.25) is 0 Å². The molecule has 1 aliphatic heterocycles. The summed E-state index contributed by atoms with van der Waals surface area (Å²) in [4.78, 5) is 14.4. The summed E-state index contributed by atoms with van der Waals surface area (Å²) in [7, 11) is 0. The number of hydrogen-bond acceptors (Lipinski definition) is 3. The number of carbonyl (C=O) groups is 1. The fraction of sp³-hybridized carbons (Fsp3) is 0.154. The average Bonchev–Trinajstić information content (AvgIpc) is 2.82. The van der Waals surface area contributed by atoms with Gasteiger partial charge in [-0.05, 0) is 17.5 Å². The van der Waals surface area contributed by atoms with Crippen molar-refractivity contribution >= 4 is 28.9 Å². The lowest BCUT2D eigenvalue weighted by Gasteiger charge is -2.21. The monoisotopic (exact) mass is 246 g/mol. The number of thioether (sulfide) groups is 1. The summed E-state index contributed by atoms with van der Waals surface area (Å²) in [6.45, 7) is 0. The topological polar surface area (TPSA) is 17.1 Å². The Bertz CT molecular complexity index is 516. The van der Waals surface area contributed by atoms with Crippen LogP contribution in [0.1, 0.15) is 26.9 Å². The Morgan fingerprint density at radius 1 is 1.12 bits per heavy atom. The fourth-order valence-electron chi connectivity index (χ4n) is 1.91. The summed E-state index contributed by atoms with van der Waals surface area (Å²) in [6, 6.07) is 12.1. The van der Waals surface area contributed by atoms with Crippen molar-refractivity contribution in [3.63, 3.8) is 0 Å². The number of ketones is 1. The second-order valence-electron chi connectivity index (χ2n) is 3.75. The van der Waals surface area contributed by atoms with E-state index in [2.05, 4.69) is 11.4 Å². The Morgan fingerprint density at radius 3 is 2.81 bits per heavy atom. The highest BCUT2D eigenvalue weighted by Gasteiger charge is 2.26. The van der Waals surface area contributed by atoms with Gasteiger partial charge in [0.2, 0.25) is 0 Å². The van der Waals surface area contributed by atoms with Crippen LogP contribution in [0.15, 0.2) is 46.7 Å². The summed E-state index contributed by atoms with van der Waals surface area (Å²) in [6.07, 6.45) is 0.627. The van der Waals surface area contributed by atoms with Crippen LogP contribution >= 0.6 is 23.1 Å². The maximum absolute atomic E-state index is 12.0. The van der Waals surface area contributed by atoms with E-state index in [9.17, 15) is 4.79 Å². The van der Waals surface area contributed by atoms with Gasteiger partial charge in [0, 0.05) is 21.8 Å². The zero-order valence-electron chi connectivity index (χ0n) is 8.55. The number of thiophene rings is 1. The van der Waals surface area contributed by atoms with Crippen molar-refractivity contribution in [1.82, 2.24) is 0 Å². The van der Waals surface area contributed by atoms with Gasteiger partial charge in [-0.1, -0.05) is 24.3 Å². The van der Waals surface area contributed by atoms with Crippen LogP contribution in [-0.2, 0) is 0 Å². The van der Waals surface area contributed by atoms with Crippen LogP contribution in [-0.4, -0.2) is 5.78 Å². The molecule has 1 atom stereocenters. The Balaban J connectivity index is 1.98. The molecule has 0 saturated carbocycles. The summed E-state index contributed by atoms with van der Waals surface area (Å²) in [5, 5.41) is 2.38. The zero-order chi connectivity index (χ0) is 11.0. The van der Waals surface area contributed by atoms with Gasteiger partial charge in [-0.15, -0.1) is 23.1 Å². The van der Waals surface area contributed by atoms with Crippen LogP contribution in [0, 0.1) is 0 Å². The number of hydrogen-bond donors (Lipinski definition) is 0. The minimum absolute atomic E-state index is 0.271. The van der Waals surface area contributed by atoms with Gasteiger partial charge in [-0.25, -0.2) is 0 Å². The first-order chi connectivity index (χ1) is 7.84. The van der Waals surface area contributed by atoms with Gasteiger partial charge in [0.1, 0.15) is 0 Å². The molecule has 0 amide bonds. The first-order valence-corrected chi connectivity index (χ1v) is 6.93. The third kappa shape index (κ3) is 1.70. The summed E-state index contributed by atoms with van der Waals surface area (Å²) in [5.74, 6) is 0.271. The molecule has 1 nitrogen and oxygen atoms in total. The fourth-order valence-corrected chi connectivity index (χ4v) is 4.13. The van der Waals surface area contributed by atoms with Crippen LogP contribution in [0.3, 0.4) is 0 Å². The van der Waals surface area contributed by atoms with Crippen molar-refractivity contribution in [3.05, 3.63) is 52.2 Å². The molecule has 1 aliphatic rings. The van der Waals surface area contributed by atoms with Gasteiger partial charge >= 0.3 is 0 Å². The van der Waals surface area contributed by atoms with Crippen LogP contribution in [0.4, 0.5) is 0 Å². The third-order valence-electron chi connectivity index (χ3n) is 2.69. The first-order valence-electron chi connectivity index (χ1n) is 5.17. The summed E-state index contributed by atoms with van der Waals surface area (Å²) in [5.41, 5.74) is 0.889. The van der Waals surface area contributed by atoms with Crippen molar-refractivity contribution < 1.29 is 4.79 Å². The van der Waals surface area contributed by atoms with E-state index in [4.69, 9.17) is 0 Å². The van der Waals surface area contributed by atoms with Gasteiger partial charge in [0.25, 0.3) is 0 Å². The Kier molecular flexibility index (Phi) is 2.58. The van der Waals surface area contributed by atoms with Crippen LogP contribution in [0.25, 0.3) is 0 Å². The molecular weight excluding hydrogens is 236 g/mol. The van der Waals surface area contributed by atoms with Gasteiger partial charge in [0.05, 0.1) is 5.25 Å². The van der Waals surface area contributed by atoms with Crippen molar-refractivity contribution in [3.8, 4) is 0 Å². The molecule has 1 aromatic heterocycles. The molecule has 0 aliphatic carbocycles. The van der Waals surface area contributed by atoms with E-state index in [1.807, 2.05) is 42.1 Å².